The van der Waals surface area contributed by atoms with Crippen LogP contribution in [0.2, 0.25) is 0 Å². The minimum Gasteiger partial charge on any atom is -0.497 e. The molecular weight excluding hydrogens is 336 g/mol. The molecular formula is C18H22N4O4. The lowest BCUT2D eigenvalue weighted by molar-refractivity contribution is 0.0941. The standard InChI is InChI=1S/C18H22N4O4/c1-21(9-11-3-7-13(26-2)8-4-11)10-14(23)15-16(19)22(12-5-6-12)18(25)20-17(15)24/h3-4,7-8,12H,5-6,9-10,19H2,1-2H3,(H,20,24,25). The molecule has 1 saturated carbocycles. The van der Waals surface area contributed by atoms with E-state index in [2.05, 4.69) is 4.98 Å². The van der Waals surface area contributed by atoms with Gasteiger partial charge in [-0.1, -0.05) is 12.1 Å². The molecule has 0 bridgehead atoms. The SMILES string of the molecule is COc1ccc(CN(C)CC(=O)c2c(N)n(C3CC3)c(=O)[nH]c2=O)cc1. The molecule has 3 rings (SSSR count). The summed E-state index contributed by atoms with van der Waals surface area (Å²) in [5.41, 5.74) is 5.55. The first-order chi connectivity index (χ1) is 12.4. The molecule has 0 atom stereocenters. The highest BCUT2D eigenvalue weighted by atomic mass is 16.5. The van der Waals surface area contributed by atoms with Crippen LogP contribution in [0.3, 0.4) is 0 Å². The van der Waals surface area contributed by atoms with Gasteiger partial charge in [0.25, 0.3) is 5.56 Å². The van der Waals surface area contributed by atoms with Crippen molar-refractivity contribution >= 4 is 11.6 Å². The molecule has 3 N–H and O–H groups in total. The molecule has 0 saturated heterocycles. The lowest BCUT2D eigenvalue weighted by atomic mass is 10.1. The van der Waals surface area contributed by atoms with E-state index in [-0.39, 0.29) is 24.0 Å². The molecule has 1 fully saturated rings. The van der Waals surface area contributed by atoms with Crippen molar-refractivity contribution in [3.8, 4) is 5.75 Å². The zero-order chi connectivity index (χ0) is 18.8. The van der Waals surface area contributed by atoms with Crippen LogP contribution in [-0.2, 0) is 6.54 Å². The Bertz CT molecular complexity index is 926. The van der Waals surface area contributed by atoms with Gasteiger partial charge in [-0.15, -0.1) is 0 Å². The largest absolute Gasteiger partial charge is 0.497 e. The Morgan fingerprint density at radius 2 is 1.96 bits per heavy atom. The van der Waals surface area contributed by atoms with E-state index in [1.54, 1.807) is 19.1 Å². The number of H-pyrrole nitrogens is 1. The number of carbonyl (C=O) groups excluding carboxylic acids is 1. The van der Waals surface area contributed by atoms with Gasteiger partial charge in [0.1, 0.15) is 17.1 Å². The summed E-state index contributed by atoms with van der Waals surface area (Å²) in [6.45, 7) is 0.540. The summed E-state index contributed by atoms with van der Waals surface area (Å²) in [4.78, 5) is 40.6. The summed E-state index contributed by atoms with van der Waals surface area (Å²) < 4.78 is 6.44. The van der Waals surface area contributed by atoms with Gasteiger partial charge < -0.3 is 10.5 Å². The van der Waals surface area contributed by atoms with Crippen LogP contribution in [0.25, 0.3) is 0 Å². The number of Topliss-reactive ketones (excluding diaryl/α,β-unsaturated/α-hetero) is 1. The minimum atomic E-state index is -0.729. The number of nitrogen functional groups attached to an aromatic ring is 1. The lowest BCUT2D eigenvalue weighted by Gasteiger charge is -2.17. The van der Waals surface area contributed by atoms with Crippen molar-refractivity contribution in [1.82, 2.24) is 14.5 Å². The normalized spacial score (nSPS) is 13.8. The fourth-order valence-corrected chi connectivity index (χ4v) is 2.95. The predicted molar refractivity (Wildman–Crippen MR) is 97.7 cm³/mol. The van der Waals surface area contributed by atoms with Crippen LogP contribution in [0.1, 0.15) is 34.8 Å². The van der Waals surface area contributed by atoms with Crippen LogP contribution in [0, 0.1) is 0 Å². The number of likely N-dealkylation sites (N-methyl/N-ethyl adjacent to an activating group) is 1. The first-order valence-electron chi connectivity index (χ1n) is 8.39. The maximum atomic E-state index is 12.6. The summed E-state index contributed by atoms with van der Waals surface area (Å²) in [6, 6.07) is 7.49. The van der Waals surface area contributed by atoms with E-state index in [0.29, 0.717) is 6.54 Å². The minimum absolute atomic E-state index is 0.0161. The highest BCUT2D eigenvalue weighted by molar-refractivity contribution is 6.01. The van der Waals surface area contributed by atoms with Gasteiger partial charge >= 0.3 is 5.69 Å². The summed E-state index contributed by atoms with van der Waals surface area (Å²) >= 11 is 0. The number of nitrogens with two attached hydrogens (primary N) is 1. The molecule has 0 unspecified atom stereocenters. The number of aromatic nitrogens is 2. The molecule has 1 heterocycles. The molecule has 138 valence electrons. The molecule has 2 aromatic rings. The van der Waals surface area contributed by atoms with Gasteiger partial charge in [0, 0.05) is 12.6 Å². The molecule has 0 radical (unpaired) electrons. The molecule has 8 nitrogen and oxygen atoms in total. The number of nitrogens with zero attached hydrogens (tertiary/aromatic N) is 2. The number of ether oxygens (including phenoxy) is 1. The molecule has 1 aromatic heterocycles. The molecule has 8 heteroatoms. The Balaban J connectivity index is 1.76. The third kappa shape index (κ3) is 3.70. The number of carbonyl (C=O) groups is 1. The van der Waals surface area contributed by atoms with E-state index >= 15 is 0 Å². The average molecular weight is 358 g/mol. The quantitative estimate of drug-likeness (QED) is 0.708. The van der Waals surface area contributed by atoms with Gasteiger partial charge in [-0.05, 0) is 37.6 Å². The molecule has 26 heavy (non-hydrogen) atoms. The van der Waals surface area contributed by atoms with Crippen molar-refractivity contribution in [2.75, 3.05) is 26.4 Å². The number of nitrogens with one attached hydrogen (secondary N) is 1. The van der Waals surface area contributed by atoms with E-state index in [1.165, 1.54) is 4.57 Å². The Labute approximate surface area is 150 Å². The smallest absolute Gasteiger partial charge is 0.330 e. The number of aromatic amines is 1. The third-order valence-electron chi connectivity index (χ3n) is 4.40. The van der Waals surface area contributed by atoms with Crippen LogP contribution in [-0.4, -0.2) is 40.9 Å². The predicted octanol–water partition coefficient (Wildman–Crippen LogP) is 0.777. The van der Waals surface area contributed by atoms with Crippen LogP contribution >= 0.6 is 0 Å². The van der Waals surface area contributed by atoms with E-state index in [0.717, 1.165) is 24.2 Å². The van der Waals surface area contributed by atoms with E-state index in [1.807, 2.05) is 24.3 Å². The van der Waals surface area contributed by atoms with Gasteiger partial charge in [-0.2, -0.15) is 0 Å². The average Bonchev–Trinajstić information content (AvgIpc) is 3.39. The van der Waals surface area contributed by atoms with Crippen LogP contribution in [0.5, 0.6) is 5.75 Å². The maximum absolute atomic E-state index is 12.6. The molecule has 0 spiro atoms. The first-order valence-corrected chi connectivity index (χ1v) is 8.39. The number of hydrogen-bond acceptors (Lipinski definition) is 6. The summed E-state index contributed by atoms with van der Waals surface area (Å²) in [5, 5.41) is 0. The molecule has 0 aliphatic heterocycles. The summed E-state index contributed by atoms with van der Waals surface area (Å²) in [6.07, 6.45) is 1.64. The van der Waals surface area contributed by atoms with Gasteiger partial charge in [0.15, 0.2) is 5.78 Å². The van der Waals surface area contributed by atoms with Crippen molar-refractivity contribution in [2.45, 2.75) is 25.4 Å². The zero-order valence-corrected chi connectivity index (χ0v) is 14.8. The Kier molecular flexibility index (Phi) is 4.94. The third-order valence-corrected chi connectivity index (χ3v) is 4.40. The molecule has 1 aliphatic rings. The monoisotopic (exact) mass is 358 g/mol. The number of methoxy groups -OCH3 is 1. The fraction of sp³-hybridized carbons (Fsp3) is 0.389. The highest BCUT2D eigenvalue weighted by Crippen LogP contribution is 2.35. The Morgan fingerprint density at radius 3 is 2.54 bits per heavy atom. The number of hydrogen-bond donors (Lipinski definition) is 2. The number of ketones is 1. The van der Waals surface area contributed by atoms with E-state index in [9.17, 15) is 14.4 Å². The molecule has 1 aliphatic carbocycles. The van der Waals surface area contributed by atoms with Gasteiger partial charge in [0.05, 0.1) is 13.7 Å². The maximum Gasteiger partial charge on any atom is 0.330 e. The van der Waals surface area contributed by atoms with Crippen LogP contribution in [0.15, 0.2) is 33.9 Å². The second-order valence-corrected chi connectivity index (χ2v) is 6.56. The number of rotatable bonds is 7. The second-order valence-electron chi connectivity index (χ2n) is 6.56. The zero-order valence-electron chi connectivity index (χ0n) is 14.8. The number of benzene rings is 1. The Morgan fingerprint density at radius 1 is 1.31 bits per heavy atom. The Hall–Kier alpha value is -2.87. The van der Waals surface area contributed by atoms with Crippen molar-refractivity contribution in [3.05, 3.63) is 56.2 Å². The first kappa shape index (κ1) is 17.9. The fourth-order valence-electron chi connectivity index (χ4n) is 2.95. The van der Waals surface area contributed by atoms with Crippen molar-refractivity contribution in [2.24, 2.45) is 0 Å². The van der Waals surface area contributed by atoms with Crippen LogP contribution in [0.4, 0.5) is 5.82 Å². The van der Waals surface area contributed by atoms with Crippen molar-refractivity contribution in [3.63, 3.8) is 0 Å². The van der Waals surface area contributed by atoms with Crippen molar-refractivity contribution < 1.29 is 9.53 Å². The topological polar surface area (TPSA) is 110 Å². The van der Waals surface area contributed by atoms with E-state index in [4.69, 9.17) is 10.5 Å². The molecule has 0 amide bonds. The highest BCUT2D eigenvalue weighted by Gasteiger charge is 2.30. The molecule has 1 aromatic carbocycles. The lowest BCUT2D eigenvalue weighted by Crippen LogP contribution is -2.38. The van der Waals surface area contributed by atoms with Crippen LogP contribution < -0.4 is 21.7 Å². The van der Waals surface area contributed by atoms with Crippen molar-refractivity contribution in [1.29, 1.82) is 0 Å². The van der Waals surface area contributed by atoms with Gasteiger partial charge in [0.2, 0.25) is 0 Å². The van der Waals surface area contributed by atoms with Gasteiger partial charge in [-0.3, -0.25) is 24.0 Å². The summed E-state index contributed by atoms with van der Waals surface area (Å²) in [5.74, 6) is 0.312. The summed E-state index contributed by atoms with van der Waals surface area (Å²) in [7, 11) is 3.38. The number of anilines is 1. The van der Waals surface area contributed by atoms with E-state index < -0.39 is 17.0 Å². The van der Waals surface area contributed by atoms with Gasteiger partial charge in [-0.25, -0.2) is 4.79 Å². The second kappa shape index (κ2) is 7.17.